The molecular formula is C23H31N3O4S. The number of aryl methyl sites for hydroxylation is 1. The van der Waals surface area contributed by atoms with Gasteiger partial charge in [0.1, 0.15) is 0 Å². The van der Waals surface area contributed by atoms with Gasteiger partial charge in [0.2, 0.25) is 15.9 Å². The summed E-state index contributed by atoms with van der Waals surface area (Å²) < 4.78 is 33.0. The lowest BCUT2D eigenvalue weighted by Crippen LogP contribution is -2.41. The van der Waals surface area contributed by atoms with Crippen LogP contribution in [0.3, 0.4) is 0 Å². The molecule has 2 aromatic rings. The van der Waals surface area contributed by atoms with E-state index in [1.54, 1.807) is 30.3 Å². The standard InChI is InChI=1S/C23H31N3O4S/c1-20-8-10-21(11-9-20)18-26(31(28,29)22-6-3-2-4-7-22)19-23(27)24-12-5-13-25-14-16-30-17-15-25/h2-4,6-11H,5,12-19H2,1H3,(H,24,27). The van der Waals surface area contributed by atoms with Crippen LogP contribution in [0.4, 0.5) is 0 Å². The van der Waals surface area contributed by atoms with Crippen molar-refractivity contribution in [2.75, 3.05) is 45.9 Å². The summed E-state index contributed by atoms with van der Waals surface area (Å²) in [5.41, 5.74) is 1.93. The van der Waals surface area contributed by atoms with Crippen LogP contribution in [0.5, 0.6) is 0 Å². The molecule has 7 nitrogen and oxygen atoms in total. The number of benzene rings is 2. The first-order valence-electron chi connectivity index (χ1n) is 10.6. The van der Waals surface area contributed by atoms with E-state index in [1.165, 1.54) is 4.31 Å². The molecule has 0 aliphatic carbocycles. The predicted molar refractivity (Wildman–Crippen MR) is 120 cm³/mol. The molecule has 0 aromatic heterocycles. The third-order valence-electron chi connectivity index (χ3n) is 5.26. The summed E-state index contributed by atoms with van der Waals surface area (Å²) >= 11 is 0. The van der Waals surface area contributed by atoms with E-state index in [9.17, 15) is 13.2 Å². The number of sulfonamides is 1. The van der Waals surface area contributed by atoms with Gasteiger partial charge in [-0.2, -0.15) is 4.31 Å². The zero-order valence-corrected chi connectivity index (χ0v) is 18.8. The van der Waals surface area contributed by atoms with Crippen molar-refractivity contribution in [2.45, 2.75) is 24.8 Å². The summed E-state index contributed by atoms with van der Waals surface area (Å²) in [4.78, 5) is 15.1. The van der Waals surface area contributed by atoms with Crippen molar-refractivity contribution in [3.63, 3.8) is 0 Å². The summed E-state index contributed by atoms with van der Waals surface area (Å²) in [7, 11) is -3.80. The van der Waals surface area contributed by atoms with Gasteiger partial charge in [0.15, 0.2) is 0 Å². The molecule has 31 heavy (non-hydrogen) atoms. The second-order valence-electron chi connectivity index (χ2n) is 7.73. The Morgan fingerprint density at radius 3 is 2.42 bits per heavy atom. The fraction of sp³-hybridized carbons (Fsp3) is 0.435. The molecular weight excluding hydrogens is 414 g/mol. The molecule has 0 radical (unpaired) electrons. The second kappa shape index (κ2) is 11.4. The van der Waals surface area contributed by atoms with Crippen LogP contribution in [0.25, 0.3) is 0 Å². The van der Waals surface area contributed by atoms with E-state index in [4.69, 9.17) is 4.74 Å². The molecule has 0 unspecified atom stereocenters. The number of amides is 1. The number of ether oxygens (including phenoxy) is 1. The zero-order valence-electron chi connectivity index (χ0n) is 18.0. The van der Waals surface area contributed by atoms with E-state index in [0.717, 1.165) is 50.4 Å². The van der Waals surface area contributed by atoms with Crippen molar-refractivity contribution < 1.29 is 17.9 Å². The van der Waals surface area contributed by atoms with Gasteiger partial charge in [-0.25, -0.2) is 8.42 Å². The van der Waals surface area contributed by atoms with E-state index in [1.807, 2.05) is 31.2 Å². The minimum Gasteiger partial charge on any atom is -0.379 e. The van der Waals surface area contributed by atoms with E-state index in [-0.39, 0.29) is 23.9 Å². The van der Waals surface area contributed by atoms with Crippen molar-refractivity contribution in [1.29, 1.82) is 0 Å². The highest BCUT2D eigenvalue weighted by atomic mass is 32.2. The van der Waals surface area contributed by atoms with E-state index in [0.29, 0.717) is 6.54 Å². The molecule has 1 fully saturated rings. The first-order valence-corrected chi connectivity index (χ1v) is 12.1. The summed E-state index contributed by atoms with van der Waals surface area (Å²) in [6.07, 6.45) is 0.815. The molecule has 168 valence electrons. The lowest BCUT2D eigenvalue weighted by Gasteiger charge is -2.26. The Balaban J connectivity index is 1.61. The lowest BCUT2D eigenvalue weighted by atomic mass is 10.1. The van der Waals surface area contributed by atoms with Crippen LogP contribution < -0.4 is 5.32 Å². The molecule has 0 bridgehead atoms. The van der Waals surface area contributed by atoms with Crippen LogP contribution in [-0.4, -0.2) is 69.5 Å². The second-order valence-corrected chi connectivity index (χ2v) is 9.67. The first kappa shape index (κ1) is 23.4. The van der Waals surface area contributed by atoms with Gasteiger partial charge >= 0.3 is 0 Å². The highest BCUT2D eigenvalue weighted by Gasteiger charge is 2.26. The van der Waals surface area contributed by atoms with Crippen LogP contribution in [0.15, 0.2) is 59.5 Å². The molecule has 0 saturated carbocycles. The smallest absolute Gasteiger partial charge is 0.243 e. The number of nitrogens with zero attached hydrogens (tertiary/aromatic N) is 2. The highest BCUT2D eigenvalue weighted by molar-refractivity contribution is 7.89. The van der Waals surface area contributed by atoms with Gasteiger partial charge in [-0.15, -0.1) is 0 Å². The van der Waals surface area contributed by atoms with Crippen LogP contribution >= 0.6 is 0 Å². The highest BCUT2D eigenvalue weighted by Crippen LogP contribution is 2.18. The van der Waals surface area contributed by atoms with Gasteiger partial charge in [-0.05, 0) is 37.6 Å². The fourth-order valence-electron chi connectivity index (χ4n) is 3.44. The van der Waals surface area contributed by atoms with Crippen LogP contribution in [0, 0.1) is 6.92 Å². The predicted octanol–water partition coefficient (Wildman–Crippen LogP) is 2.02. The van der Waals surface area contributed by atoms with Gasteiger partial charge < -0.3 is 10.1 Å². The number of morpholine rings is 1. The van der Waals surface area contributed by atoms with Crippen molar-refractivity contribution in [3.05, 3.63) is 65.7 Å². The molecule has 1 N–H and O–H groups in total. The number of carbonyl (C=O) groups is 1. The Bertz CT molecular complexity index is 927. The van der Waals surface area contributed by atoms with Gasteiger partial charge in [0, 0.05) is 26.2 Å². The third kappa shape index (κ3) is 7.14. The van der Waals surface area contributed by atoms with Crippen LogP contribution in [0.2, 0.25) is 0 Å². The quantitative estimate of drug-likeness (QED) is 0.566. The molecule has 1 amide bonds. The molecule has 8 heteroatoms. The zero-order chi connectivity index (χ0) is 22.1. The van der Waals surface area contributed by atoms with Crippen LogP contribution in [0.1, 0.15) is 17.5 Å². The number of hydrogen-bond acceptors (Lipinski definition) is 5. The van der Waals surface area contributed by atoms with Crippen molar-refractivity contribution in [1.82, 2.24) is 14.5 Å². The minimum atomic E-state index is -3.80. The maximum Gasteiger partial charge on any atom is 0.243 e. The maximum atomic E-state index is 13.2. The number of hydrogen-bond donors (Lipinski definition) is 1. The van der Waals surface area contributed by atoms with Gasteiger partial charge in [0.25, 0.3) is 0 Å². The van der Waals surface area contributed by atoms with Gasteiger partial charge in [-0.1, -0.05) is 48.0 Å². The first-order chi connectivity index (χ1) is 14.9. The Morgan fingerprint density at radius 2 is 1.74 bits per heavy atom. The SMILES string of the molecule is Cc1ccc(CN(CC(=O)NCCCN2CCOCC2)S(=O)(=O)c2ccccc2)cc1. The van der Waals surface area contributed by atoms with Gasteiger partial charge in [-0.3, -0.25) is 9.69 Å². The Morgan fingerprint density at radius 1 is 1.06 bits per heavy atom. The Kier molecular flexibility index (Phi) is 8.60. The number of rotatable bonds is 10. The summed E-state index contributed by atoms with van der Waals surface area (Å²) in [6.45, 7) is 6.61. The van der Waals surface area contributed by atoms with Crippen molar-refractivity contribution in [3.8, 4) is 0 Å². The molecule has 2 aromatic carbocycles. The molecule has 3 rings (SSSR count). The number of carbonyl (C=O) groups excluding carboxylic acids is 1. The largest absolute Gasteiger partial charge is 0.379 e. The summed E-state index contributed by atoms with van der Waals surface area (Å²) in [5.74, 6) is -0.298. The molecule has 0 atom stereocenters. The van der Waals surface area contributed by atoms with E-state index in [2.05, 4.69) is 10.2 Å². The summed E-state index contributed by atoms with van der Waals surface area (Å²) in [6, 6.07) is 15.9. The Labute approximate surface area is 185 Å². The van der Waals surface area contributed by atoms with E-state index >= 15 is 0 Å². The fourth-order valence-corrected chi connectivity index (χ4v) is 4.84. The normalized spacial score (nSPS) is 15.2. The number of nitrogens with one attached hydrogen (secondary N) is 1. The molecule has 1 heterocycles. The van der Waals surface area contributed by atoms with Gasteiger partial charge in [0.05, 0.1) is 24.7 Å². The average molecular weight is 446 g/mol. The van der Waals surface area contributed by atoms with Crippen molar-refractivity contribution >= 4 is 15.9 Å². The minimum absolute atomic E-state index is 0.138. The maximum absolute atomic E-state index is 13.2. The Hall–Kier alpha value is -2.26. The van der Waals surface area contributed by atoms with Crippen molar-refractivity contribution in [2.24, 2.45) is 0 Å². The molecule has 1 aliphatic rings. The average Bonchev–Trinajstić information content (AvgIpc) is 2.79. The van der Waals surface area contributed by atoms with E-state index < -0.39 is 10.0 Å². The lowest BCUT2D eigenvalue weighted by molar-refractivity contribution is -0.121. The third-order valence-corrected chi connectivity index (χ3v) is 7.06. The monoisotopic (exact) mass is 445 g/mol. The summed E-state index contributed by atoms with van der Waals surface area (Å²) in [5, 5.41) is 2.87. The molecule has 1 saturated heterocycles. The molecule has 1 aliphatic heterocycles. The van der Waals surface area contributed by atoms with Crippen LogP contribution in [-0.2, 0) is 26.1 Å². The molecule has 0 spiro atoms. The topological polar surface area (TPSA) is 79.0 Å².